The van der Waals surface area contributed by atoms with E-state index in [1.54, 1.807) is 11.0 Å². The SMILES string of the molecule is O=c1[nH]c2ccc(S(=O)(=O)N3CCN(c4cccc(C(F)(F)F)c4)CC3)cc2[nH]1. The molecule has 29 heavy (non-hydrogen) atoms. The first kappa shape index (κ1) is 19.5. The van der Waals surface area contributed by atoms with Crippen LogP contribution in [0.2, 0.25) is 0 Å². The first-order valence-corrected chi connectivity index (χ1v) is 10.2. The lowest BCUT2D eigenvalue weighted by molar-refractivity contribution is -0.137. The number of rotatable bonds is 3. The Balaban J connectivity index is 1.52. The van der Waals surface area contributed by atoms with Crippen LogP contribution in [0, 0.1) is 0 Å². The number of benzene rings is 2. The third kappa shape index (κ3) is 3.75. The molecule has 1 aliphatic heterocycles. The molecule has 2 aromatic carbocycles. The van der Waals surface area contributed by atoms with Gasteiger partial charge >= 0.3 is 11.9 Å². The number of imidazole rings is 1. The number of sulfonamides is 1. The van der Waals surface area contributed by atoms with Crippen LogP contribution < -0.4 is 10.6 Å². The Kier molecular flexibility index (Phi) is 4.66. The number of aromatic nitrogens is 2. The Bertz CT molecular complexity index is 1210. The molecule has 0 unspecified atom stereocenters. The Morgan fingerprint density at radius 1 is 0.897 bits per heavy atom. The fraction of sp³-hybridized carbons (Fsp3) is 0.278. The summed E-state index contributed by atoms with van der Waals surface area (Å²) in [6.07, 6.45) is -4.43. The molecule has 0 spiro atoms. The maximum Gasteiger partial charge on any atom is 0.416 e. The maximum absolute atomic E-state index is 12.9. The molecule has 1 fully saturated rings. The number of aromatic amines is 2. The lowest BCUT2D eigenvalue weighted by atomic mass is 10.1. The van der Waals surface area contributed by atoms with Gasteiger partial charge in [-0.3, -0.25) is 0 Å². The van der Waals surface area contributed by atoms with E-state index in [2.05, 4.69) is 9.97 Å². The number of H-pyrrole nitrogens is 2. The van der Waals surface area contributed by atoms with Crippen molar-refractivity contribution in [3.8, 4) is 0 Å². The molecule has 0 aliphatic carbocycles. The molecular weight excluding hydrogens is 409 g/mol. The Morgan fingerprint density at radius 2 is 1.59 bits per heavy atom. The van der Waals surface area contributed by atoms with Crippen molar-refractivity contribution in [3.63, 3.8) is 0 Å². The second kappa shape index (κ2) is 6.92. The molecule has 1 aromatic heterocycles. The van der Waals surface area contributed by atoms with Crippen LogP contribution in [0.1, 0.15) is 5.56 Å². The van der Waals surface area contributed by atoms with Gasteiger partial charge in [0.15, 0.2) is 0 Å². The van der Waals surface area contributed by atoms with Crippen LogP contribution in [0.25, 0.3) is 11.0 Å². The molecule has 0 saturated carbocycles. The van der Waals surface area contributed by atoms with Crippen LogP contribution in [0.15, 0.2) is 52.2 Å². The smallest absolute Gasteiger partial charge is 0.369 e. The van der Waals surface area contributed by atoms with Gasteiger partial charge in [0.2, 0.25) is 10.0 Å². The molecule has 4 rings (SSSR count). The molecule has 0 radical (unpaired) electrons. The average molecular weight is 426 g/mol. The zero-order valence-corrected chi connectivity index (χ0v) is 15.8. The summed E-state index contributed by atoms with van der Waals surface area (Å²) in [6, 6.07) is 9.32. The third-order valence-electron chi connectivity index (χ3n) is 4.90. The minimum atomic E-state index is -4.43. The summed E-state index contributed by atoms with van der Waals surface area (Å²) < 4.78 is 65.9. The lowest BCUT2D eigenvalue weighted by Gasteiger charge is -2.35. The van der Waals surface area contributed by atoms with Crippen molar-refractivity contribution in [2.75, 3.05) is 31.1 Å². The van der Waals surface area contributed by atoms with Crippen molar-refractivity contribution in [2.24, 2.45) is 0 Å². The first-order valence-electron chi connectivity index (χ1n) is 8.79. The maximum atomic E-state index is 12.9. The van der Waals surface area contributed by atoms with Gasteiger partial charge in [-0.25, -0.2) is 13.2 Å². The predicted octanol–water partition coefficient (Wildman–Crippen LogP) is 2.39. The Labute approximate surface area is 163 Å². The molecule has 2 heterocycles. The highest BCUT2D eigenvalue weighted by atomic mass is 32.2. The zero-order valence-electron chi connectivity index (χ0n) is 15.0. The van der Waals surface area contributed by atoms with Crippen molar-refractivity contribution in [3.05, 3.63) is 58.5 Å². The summed E-state index contributed by atoms with van der Waals surface area (Å²) in [5, 5.41) is 0. The molecule has 154 valence electrons. The van der Waals surface area contributed by atoms with Crippen LogP contribution in [0.3, 0.4) is 0 Å². The molecule has 11 heteroatoms. The minimum Gasteiger partial charge on any atom is -0.369 e. The number of alkyl halides is 3. The summed E-state index contributed by atoms with van der Waals surface area (Å²) in [5.74, 6) is 0. The molecule has 1 saturated heterocycles. The van der Waals surface area contributed by atoms with Crippen molar-refractivity contribution >= 4 is 26.7 Å². The predicted molar refractivity (Wildman–Crippen MR) is 101 cm³/mol. The first-order chi connectivity index (χ1) is 13.6. The molecule has 0 amide bonds. The summed E-state index contributed by atoms with van der Waals surface area (Å²) >= 11 is 0. The van der Waals surface area contributed by atoms with Gasteiger partial charge in [0.05, 0.1) is 21.5 Å². The zero-order chi connectivity index (χ0) is 20.8. The fourth-order valence-electron chi connectivity index (χ4n) is 3.39. The largest absolute Gasteiger partial charge is 0.416 e. The second-order valence-corrected chi connectivity index (χ2v) is 8.66. The Hall–Kier alpha value is -2.79. The number of halogens is 3. The second-order valence-electron chi connectivity index (χ2n) is 6.73. The van der Waals surface area contributed by atoms with E-state index < -0.39 is 27.5 Å². The van der Waals surface area contributed by atoms with E-state index >= 15 is 0 Å². The number of hydrogen-bond acceptors (Lipinski definition) is 4. The molecular formula is C18H17F3N4O3S. The van der Waals surface area contributed by atoms with Crippen LogP contribution in [0.4, 0.5) is 18.9 Å². The van der Waals surface area contributed by atoms with Crippen LogP contribution in [-0.4, -0.2) is 48.9 Å². The number of hydrogen-bond donors (Lipinski definition) is 2. The van der Waals surface area contributed by atoms with Gasteiger partial charge in [-0.05, 0) is 36.4 Å². The highest BCUT2D eigenvalue weighted by molar-refractivity contribution is 7.89. The van der Waals surface area contributed by atoms with Gasteiger partial charge in [0, 0.05) is 31.9 Å². The van der Waals surface area contributed by atoms with E-state index in [-0.39, 0.29) is 31.1 Å². The minimum absolute atomic E-state index is 0.0489. The summed E-state index contributed by atoms with van der Waals surface area (Å²) in [7, 11) is -3.79. The summed E-state index contributed by atoms with van der Waals surface area (Å²) in [5.41, 5.74) is 0.133. The fourth-order valence-corrected chi connectivity index (χ4v) is 4.84. The van der Waals surface area contributed by atoms with E-state index in [0.717, 1.165) is 12.1 Å². The van der Waals surface area contributed by atoms with Crippen molar-refractivity contribution < 1.29 is 21.6 Å². The molecule has 2 N–H and O–H groups in total. The van der Waals surface area contributed by atoms with Crippen molar-refractivity contribution in [2.45, 2.75) is 11.1 Å². The van der Waals surface area contributed by atoms with Gasteiger partial charge in [-0.2, -0.15) is 17.5 Å². The van der Waals surface area contributed by atoms with Crippen LogP contribution in [0.5, 0.6) is 0 Å². The number of nitrogens with one attached hydrogen (secondary N) is 2. The lowest BCUT2D eigenvalue weighted by Crippen LogP contribution is -2.48. The standard InChI is InChI=1S/C18H17F3N4O3S/c19-18(20,21)12-2-1-3-13(10-12)24-6-8-25(9-7-24)29(27,28)14-4-5-15-16(11-14)23-17(26)22-15/h1-5,10-11H,6-9H2,(H2,22,23,26). The van der Waals surface area contributed by atoms with E-state index in [1.807, 2.05) is 0 Å². The average Bonchev–Trinajstić information content (AvgIpc) is 3.07. The topological polar surface area (TPSA) is 89.3 Å². The van der Waals surface area contributed by atoms with E-state index in [4.69, 9.17) is 0 Å². The number of nitrogens with zero attached hydrogens (tertiary/aromatic N) is 2. The highest BCUT2D eigenvalue weighted by Gasteiger charge is 2.32. The van der Waals surface area contributed by atoms with Crippen molar-refractivity contribution in [1.82, 2.24) is 14.3 Å². The van der Waals surface area contributed by atoms with Gasteiger partial charge in [0.25, 0.3) is 0 Å². The molecule has 1 aliphatic rings. The summed E-state index contributed by atoms with van der Waals surface area (Å²) in [4.78, 5) is 18.2. The molecule has 3 aromatic rings. The molecule has 0 bridgehead atoms. The normalized spacial score (nSPS) is 16.4. The quantitative estimate of drug-likeness (QED) is 0.673. The van der Waals surface area contributed by atoms with Gasteiger partial charge in [-0.1, -0.05) is 6.07 Å². The highest BCUT2D eigenvalue weighted by Crippen LogP contribution is 2.32. The van der Waals surface area contributed by atoms with E-state index in [9.17, 15) is 26.4 Å². The van der Waals surface area contributed by atoms with Crippen LogP contribution >= 0.6 is 0 Å². The Morgan fingerprint density at radius 3 is 2.28 bits per heavy atom. The van der Waals surface area contributed by atoms with E-state index in [1.165, 1.54) is 28.6 Å². The monoisotopic (exact) mass is 426 g/mol. The number of piperazine rings is 1. The van der Waals surface area contributed by atoms with Crippen molar-refractivity contribution in [1.29, 1.82) is 0 Å². The molecule has 7 nitrogen and oxygen atoms in total. The number of anilines is 1. The van der Waals surface area contributed by atoms with Gasteiger partial charge in [0.1, 0.15) is 0 Å². The third-order valence-corrected chi connectivity index (χ3v) is 6.80. The molecule has 0 atom stereocenters. The summed E-state index contributed by atoms with van der Waals surface area (Å²) in [6.45, 7) is 0.814. The van der Waals surface area contributed by atoms with Gasteiger partial charge < -0.3 is 14.9 Å². The van der Waals surface area contributed by atoms with Gasteiger partial charge in [-0.15, -0.1) is 0 Å². The van der Waals surface area contributed by atoms with Crippen LogP contribution in [-0.2, 0) is 16.2 Å². The van der Waals surface area contributed by atoms with E-state index in [0.29, 0.717) is 16.7 Å². The number of fused-ring (bicyclic) bond motifs is 1.